The molecule has 4 nitrogen and oxygen atoms in total. The van der Waals surface area contributed by atoms with Gasteiger partial charge in [-0.1, -0.05) is 24.8 Å². The van der Waals surface area contributed by atoms with Crippen molar-refractivity contribution in [2.45, 2.75) is 46.0 Å². The predicted molar refractivity (Wildman–Crippen MR) is 70.0 cm³/mol. The van der Waals surface area contributed by atoms with Gasteiger partial charge in [0.2, 0.25) is 0 Å². The lowest BCUT2D eigenvalue weighted by Crippen LogP contribution is -2.33. The molecule has 0 aliphatic heterocycles. The summed E-state index contributed by atoms with van der Waals surface area (Å²) >= 11 is 0. The van der Waals surface area contributed by atoms with Gasteiger partial charge >= 0.3 is 5.97 Å². The molecule has 0 atom stereocenters. The first-order chi connectivity index (χ1) is 8.58. The minimum Gasteiger partial charge on any atom is -0.452 e. The van der Waals surface area contributed by atoms with Crippen molar-refractivity contribution in [2.24, 2.45) is 5.92 Å². The van der Waals surface area contributed by atoms with Crippen LogP contribution in [-0.4, -0.2) is 25.0 Å². The summed E-state index contributed by atoms with van der Waals surface area (Å²) in [6, 6.07) is 0. The maximum Gasteiger partial charge on any atom is 0.331 e. The smallest absolute Gasteiger partial charge is 0.331 e. The SMILES string of the molecule is CC(C)=CC(=O)OCC(=O)NCC1CCCCC1. The van der Waals surface area contributed by atoms with Crippen LogP contribution in [0.2, 0.25) is 0 Å². The van der Waals surface area contributed by atoms with E-state index in [0.29, 0.717) is 12.5 Å². The van der Waals surface area contributed by atoms with Crippen LogP contribution in [0, 0.1) is 5.92 Å². The summed E-state index contributed by atoms with van der Waals surface area (Å²) < 4.78 is 4.83. The molecule has 1 rings (SSSR count). The number of rotatable bonds is 5. The van der Waals surface area contributed by atoms with E-state index in [1.807, 2.05) is 13.8 Å². The first-order valence-electron chi connectivity index (χ1n) is 6.66. The maximum atomic E-state index is 11.5. The number of esters is 1. The summed E-state index contributed by atoms with van der Waals surface area (Å²) in [5, 5.41) is 2.82. The lowest BCUT2D eigenvalue weighted by atomic mass is 9.89. The summed E-state index contributed by atoms with van der Waals surface area (Å²) in [6.07, 6.45) is 7.60. The molecule has 1 saturated carbocycles. The zero-order valence-corrected chi connectivity index (χ0v) is 11.3. The number of carbonyl (C=O) groups excluding carboxylic acids is 2. The second-order valence-electron chi connectivity index (χ2n) is 5.14. The van der Waals surface area contributed by atoms with Gasteiger partial charge in [-0.3, -0.25) is 4.79 Å². The zero-order chi connectivity index (χ0) is 13.4. The Hall–Kier alpha value is -1.32. The second kappa shape index (κ2) is 7.90. The van der Waals surface area contributed by atoms with Gasteiger partial charge in [-0.2, -0.15) is 0 Å². The van der Waals surface area contributed by atoms with Crippen molar-refractivity contribution < 1.29 is 14.3 Å². The van der Waals surface area contributed by atoms with Crippen molar-refractivity contribution in [2.75, 3.05) is 13.2 Å². The fourth-order valence-electron chi connectivity index (χ4n) is 2.11. The van der Waals surface area contributed by atoms with Gasteiger partial charge < -0.3 is 10.1 Å². The first kappa shape index (κ1) is 14.7. The van der Waals surface area contributed by atoms with Crippen molar-refractivity contribution in [3.63, 3.8) is 0 Å². The first-order valence-corrected chi connectivity index (χ1v) is 6.66. The normalized spacial score (nSPS) is 15.9. The highest BCUT2D eigenvalue weighted by atomic mass is 16.5. The molecule has 1 fully saturated rings. The van der Waals surface area contributed by atoms with Gasteiger partial charge in [0.05, 0.1) is 0 Å². The van der Waals surface area contributed by atoms with E-state index in [4.69, 9.17) is 4.74 Å². The molecule has 0 heterocycles. The minimum atomic E-state index is -0.456. The van der Waals surface area contributed by atoms with Crippen LogP contribution in [0.3, 0.4) is 0 Å². The molecule has 0 radical (unpaired) electrons. The molecule has 1 aliphatic carbocycles. The van der Waals surface area contributed by atoms with E-state index in [0.717, 1.165) is 5.57 Å². The molecule has 0 saturated heterocycles. The van der Waals surface area contributed by atoms with E-state index in [2.05, 4.69) is 5.32 Å². The van der Waals surface area contributed by atoms with E-state index < -0.39 is 5.97 Å². The lowest BCUT2D eigenvalue weighted by molar-refractivity contribution is -0.143. The fourth-order valence-corrected chi connectivity index (χ4v) is 2.11. The molecular formula is C14H23NO3. The second-order valence-corrected chi connectivity index (χ2v) is 5.14. The molecule has 18 heavy (non-hydrogen) atoms. The topological polar surface area (TPSA) is 55.4 Å². The highest BCUT2D eigenvalue weighted by molar-refractivity contribution is 5.86. The maximum absolute atomic E-state index is 11.5. The molecule has 1 amide bonds. The number of allylic oxidation sites excluding steroid dienone is 1. The molecule has 0 aromatic carbocycles. The third kappa shape index (κ3) is 6.42. The standard InChI is InChI=1S/C14H23NO3/c1-11(2)8-14(17)18-10-13(16)15-9-12-6-4-3-5-7-12/h8,12H,3-7,9-10H2,1-2H3,(H,15,16). The van der Waals surface area contributed by atoms with E-state index in [1.165, 1.54) is 38.2 Å². The van der Waals surface area contributed by atoms with Gasteiger partial charge in [0, 0.05) is 12.6 Å². The van der Waals surface area contributed by atoms with Gasteiger partial charge in [0.1, 0.15) is 0 Å². The molecule has 0 spiro atoms. The van der Waals surface area contributed by atoms with Gasteiger partial charge in [0.25, 0.3) is 5.91 Å². The molecule has 0 bridgehead atoms. The van der Waals surface area contributed by atoms with Crippen molar-refractivity contribution >= 4 is 11.9 Å². The van der Waals surface area contributed by atoms with E-state index in [9.17, 15) is 9.59 Å². The largest absolute Gasteiger partial charge is 0.452 e. The summed E-state index contributed by atoms with van der Waals surface area (Å²) in [6.45, 7) is 4.14. The number of nitrogens with one attached hydrogen (secondary N) is 1. The van der Waals surface area contributed by atoms with Gasteiger partial charge in [0.15, 0.2) is 6.61 Å². The van der Waals surface area contributed by atoms with Crippen molar-refractivity contribution in [3.8, 4) is 0 Å². The molecule has 4 heteroatoms. The van der Waals surface area contributed by atoms with Crippen LogP contribution >= 0.6 is 0 Å². The van der Waals surface area contributed by atoms with Crippen molar-refractivity contribution in [3.05, 3.63) is 11.6 Å². The molecule has 102 valence electrons. The highest BCUT2D eigenvalue weighted by Crippen LogP contribution is 2.22. The van der Waals surface area contributed by atoms with E-state index in [1.54, 1.807) is 0 Å². The predicted octanol–water partition coefficient (Wildman–Crippen LogP) is 2.19. The molecule has 0 aromatic heterocycles. The Labute approximate surface area is 109 Å². The summed E-state index contributed by atoms with van der Waals surface area (Å²) in [4.78, 5) is 22.7. The Morgan fingerprint density at radius 1 is 1.22 bits per heavy atom. The number of carbonyl (C=O) groups is 2. The molecule has 0 aromatic rings. The van der Waals surface area contributed by atoms with E-state index in [-0.39, 0.29) is 12.5 Å². The van der Waals surface area contributed by atoms with Crippen molar-refractivity contribution in [1.29, 1.82) is 0 Å². The molecular weight excluding hydrogens is 230 g/mol. The van der Waals surface area contributed by atoms with Gasteiger partial charge in [-0.25, -0.2) is 4.79 Å². The van der Waals surface area contributed by atoms with Crippen LogP contribution in [0.4, 0.5) is 0 Å². The van der Waals surface area contributed by atoms with Gasteiger partial charge in [-0.05, 0) is 32.6 Å². The highest BCUT2D eigenvalue weighted by Gasteiger charge is 2.14. The minimum absolute atomic E-state index is 0.185. The number of hydrogen-bond acceptors (Lipinski definition) is 3. The van der Waals surface area contributed by atoms with Crippen LogP contribution < -0.4 is 5.32 Å². The van der Waals surface area contributed by atoms with Crippen LogP contribution in [0.5, 0.6) is 0 Å². The lowest BCUT2D eigenvalue weighted by Gasteiger charge is -2.21. The van der Waals surface area contributed by atoms with Crippen LogP contribution in [0.25, 0.3) is 0 Å². The summed E-state index contributed by atoms with van der Waals surface area (Å²) in [7, 11) is 0. The Morgan fingerprint density at radius 2 is 1.89 bits per heavy atom. The number of hydrogen-bond donors (Lipinski definition) is 1. The van der Waals surface area contributed by atoms with E-state index >= 15 is 0 Å². The third-order valence-electron chi connectivity index (χ3n) is 3.06. The Bertz CT molecular complexity index is 313. The average Bonchev–Trinajstić information content (AvgIpc) is 2.34. The number of amides is 1. The number of ether oxygens (including phenoxy) is 1. The summed E-state index contributed by atoms with van der Waals surface area (Å²) in [5.41, 5.74) is 0.864. The monoisotopic (exact) mass is 253 g/mol. The van der Waals surface area contributed by atoms with Crippen molar-refractivity contribution in [1.82, 2.24) is 5.32 Å². The summed E-state index contributed by atoms with van der Waals surface area (Å²) in [5.74, 6) is -0.0740. The molecule has 1 aliphatic rings. The molecule has 0 unspecified atom stereocenters. The molecule has 1 N–H and O–H groups in total. The van der Waals surface area contributed by atoms with Crippen LogP contribution in [0.15, 0.2) is 11.6 Å². The fraction of sp³-hybridized carbons (Fsp3) is 0.714. The Morgan fingerprint density at radius 3 is 2.50 bits per heavy atom. The average molecular weight is 253 g/mol. The Balaban J connectivity index is 2.13. The quantitative estimate of drug-likeness (QED) is 0.603. The Kier molecular flexibility index (Phi) is 6.47. The van der Waals surface area contributed by atoms with Crippen LogP contribution in [-0.2, 0) is 14.3 Å². The van der Waals surface area contributed by atoms with Gasteiger partial charge in [-0.15, -0.1) is 0 Å². The third-order valence-corrected chi connectivity index (χ3v) is 3.06. The van der Waals surface area contributed by atoms with Crippen LogP contribution in [0.1, 0.15) is 46.0 Å². The zero-order valence-electron chi connectivity index (χ0n) is 11.3.